The van der Waals surface area contributed by atoms with Crippen molar-refractivity contribution >= 4 is 22.7 Å². The van der Waals surface area contributed by atoms with Crippen molar-refractivity contribution in [1.29, 1.82) is 0 Å². The summed E-state index contributed by atoms with van der Waals surface area (Å²) in [5.41, 5.74) is 2.09. The second-order valence-electron chi connectivity index (χ2n) is 5.78. The van der Waals surface area contributed by atoms with Crippen LogP contribution in [0.3, 0.4) is 0 Å². The van der Waals surface area contributed by atoms with E-state index in [1.807, 2.05) is 13.8 Å². The molecule has 0 radical (unpaired) electrons. The average Bonchev–Trinajstić information content (AvgIpc) is 2.84. The molecule has 0 aromatic carbocycles. The van der Waals surface area contributed by atoms with Crippen molar-refractivity contribution in [2.45, 2.75) is 52.6 Å². The minimum absolute atomic E-state index is 0.0662. The van der Waals surface area contributed by atoms with Crippen molar-refractivity contribution < 1.29 is 5.11 Å². The third kappa shape index (κ3) is 3.41. The third-order valence-electron chi connectivity index (χ3n) is 2.93. The van der Waals surface area contributed by atoms with Gasteiger partial charge in [0.25, 0.3) is 0 Å². The first kappa shape index (κ1) is 14.6. The second-order valence-corrected chi connectivity index (χ2v) is 7.96. The molecular weight excluding hydrogens is 276 g/mol. The summed E-state index contributed by atoms with van der Waals surface area (Å²) in [5.74, 6) is 0. The Kier molecular flexibility index (Phi) is 4.08. The van der Waals surface area contributed by atoms with E-state index in [9.17, 15) is 5.11 Å². The normalized spacial score (nSPS) is 13.8. The Morgan fingerprint density at radius 1 is 1.26 bits per heavy atom. The molecule has 104 valence electrons. The van der Waals surface area contributed by atoms with Gasteiger partial charge in [-0.2, -0.15) is 0 Å². The van der Waals surface area contributed by atoms with Crippen LogP contribution >= 0.6 is 22.7 Å². The van der Waals surface area contributed by atoms with Gasteiger partial charge in [-0.1, -0.05) is 20.8 Å². The Morgan fingerprint density at radius 3 is 2.42 bits per heavy atom. The summed E-state index contributed by atoms with van der Waals surface area (Å²) in [4.78, 5) is 9.95. The molecule has 1 atom stereocenters. The minimum atomic E-state index is -0.495. The number of thiazole rings is 2. The molecule has 0 aliphatic carbocycles. The van der Waals surface area contributed by atoms with Gasteiger partial charge in [-0.3, -0.25) is 0 Å². The Balaban J connectivity index is 2.13. The Bertz CT molecular complexity index is 566. The summed E-state index contributed by atoms with van der Waals surface area (Å²) < 4.78 is 0. The average molecular weight is 296 g/mol. The molecule has 1 N–H and O–H groups in total. The molecule has 19 heavy (non-hydrogen) atoms. The van der Waals surface area contributed by atoms with Crippen molar-refractivity contribution in [3.05, 3.63) is 31.7 Å². The molecule has 3 nitrogen and oxygen atoms in total. The molecule has 5 heteroatoms. The highest BCUT2D eigenvalue weighted by Crippen LogP contribution is 2.30. The maximum absolute atomic E-state index is 10.3. The number of aryl methyl sites for hydroxylation is 2. The van der Waals surface area contributed by atoms with Gasteiger partial charge in [0.1, 0.15) is 0 Å². The lowest BCUT2D eigenvalue weighted by molar-refractivity contribution is 0.181. The van der Waals surface area contributed by atoms with Gasteiger partial charge in [0.15, 0.2) is 0 Å². The van der Waals surface area contributed by atoms with E-state index in [0.29, 0.717) is 6.42 Å². The fourth-order valence-corrected chi connectivity index (χ4v) is 3.84. The second kappa shape index (κ2) is 5.31. The first-order valence-electron chi connectivity index (χ1n) is 6.34. The molecule has 0 aliphatic rings. The molecule has 2 aromatic heterocycles. The summed E-state index contributed by atoms with van der Waals surface area (Å²) in [6, 6.07) is 0. The Labute approximate surface area is 122 Å². The number of aromatic nitrogens is 2. The number of hydrogen-bond donors (Lipinski definition) is 1. The Hall–Kier alpha value is -0.780. The van der Waals surface area contributed by atoms with E-state index >= 15 is 0 Å². The molecule has 0 bridgehead atoms. The van der Waals surface area contributed by atoms with Gasteiger partial charge in [0, 0.05) is 17.2 Å². The predicted molar refractivity (Wildman–Crippen MR) is 81.1 cm³/mol. The summed E-state index contributed by atoms with van der Waals surface area (Å²) in [7, 11) is 0. The van der Waals surface area contributed by atoms with Crippen LogP contribution in [0.5, 0.6) is 0 Å². The fraction of sp³-hybridized carbons (Fsp3) is 0.571. The van der Waals surface area contributed by atoms with Crippen LogP contribution in [0.4, 0.5) is 0 Å². The highest BCUT2D eigenvalue weighted by atomic mass is 32.1. The molecule has 0 fully saturated rings. The van der Waals surface area contributed by atoms with E-state index < -0.39 is 6.10 Å². The van der Waals surface area contributed by atoms with Crippen molar-refractivity contribution in [2.24, 2.45) is 0 Å². The van der Waals surface area contributed by atoms with Gasteiger partial charge < -0.3 is 5.11 Å². The van der Waals surface area contributed by atoms with Crippen LogP contribution in [0.25, 0.3) is 0 Å². The number of aliphatic hydroxyl groups is 1. The van der Waals surface area contributed by atoms with Crippen LogP contribution in [0.2, 0.25) is 0 Å². The maximum atomic E-state index is 10.3. The molecule has 0 saturated carbocycles. The topological polar surface area (TPSA) is 46.0 Å². The fourth-order valence-electron chi connectivity index (χ4n) is 1.86. The highest BCUT2D eigenvalue weighted by Gasteiger charge is 2.20. The lowest BCUT2D eigenvalue weighted by Gasteiger charge is -2.14. The van der Waals surface area contributed by atoms with Crippen LogP contribution in [-0.4, -0.2) is 15.1 Å². The minimum Gasteiger partial charge on any atom is -0.387 e. The first-order chi connectivity index (χ1) is 8.77. The van der Waals surface area contributed by atoms with Gasteiger partial charge in [0.05, 0.1) is 32.4 Å². The zero-order chi connectivity index (χ0) is 14.2. The van der Waals surface area contributed by atoms with E-state index in [0.717, 1.165) is 26.3 Å². The van der Waals surface area contributed by atoms with Crippen LogP contribution in [0, 0.1) is 13.8 Å². The van der Waals surface area contributed by atoms with Gasteiger partial charge in [0.2, 0.25) is 0 Å². The lowest BCUT2D eigenvalue weighted by atomic mass is 9.93. The van der Waals surface area contributed by atoms with Gasteiger partial charge in [-0.05, 0) is 13.8 Å². The molecule has 2 rings (SSSR count). The molecule has 0 amide bonds. The SMILES string of the molecule is Cc1nc(C)c(C(O)Cc2nc(C(C)(C)C)cs2)s1. The number of aliphatic hydroxyl groups excluding tert-OH is 1. The summed E-state index contributed by atoms with van der Waals surface area (Å²) in [6.07, 6.45) is 0.0774. The predicted octanol–water partition coefficient (Wildman–Crippen LogP) is 3.79. The summed E-state index contributed by atoms with van der Waals surface area (Å²) in [6.45, 7) is 10.4. The van der Waals surface area contributed by atoms with Crippen LogP contribution in [0.1, 0.15) is 53.2 Å². The van der Waals surface area contributed by atoms with Crippen LogP contribution in [0.15, 0.2) is 5.38 Å². The van der Waals surface area contributed by atoms with Crippen molar-refractivity contribution in [2.75, 3.05) is 0 Å². The third-order valence-corrected chi connectivity index (χ3v) is 4.98. The quantitative estimate of drug-likeness (QED) is 0.937. The molecule has 0 aliphatic heterocycles. The highest BCUT2D eigenvalue weighted by molar-refractivity contribution is 7.11. The first-order valence-corrected chi connectivity index (χ1v) is 8.04. The molecule has 2 aromatic rings. The molecule has 2 heterocycles. The van der Waals surface area contributed by atoms with E-state index in [1.54, 1.807) is 22.7 Å². The largest absolute Gasteiger partial charge is 0.387 e. The lowest BCUT2D eigenvalue weighted by Crippen LogP contribution is -2.11. The van der Waals surface area contributed by atoms with E-state index in [4.69, 9.17) is 0 Å². The van der Waals surface area contributed by atoms with Crippen molar-refractivity contribution in [3.63, 3.8) is 0 Å². The molecule has 0 saturated heterocycles. The van der Waals surface area contributed by atoms with Gasteiger partial charge in [-0.25, -0.2) is 9.97 Å². The van der Waals surface area contributed by atoms with Gasteiger partial charge >= 0.3 is 0 Å². The molecule has 1 unspecified atom stereocenters. The number of hydrogen-bond acceptors (Lipinski definition) is 5. The smallest absolute Gasteiger partial charge is 0.0964 e. The summed E-state index contributed by atoms with van der Waals surface area (Å²) >= 11 is 3.19. The number of rotatable bonds is 3. The molecular formula is C14H20N2OS2. The van der Waals surface area contributed by atoms with Crippen molar-refractivity contribution in [1.82, 2.24) is 9.97 Å². The monoisotopic (exact) mass is 296 g/mol. The van der Waals surface area contributed by atoms with E-state index in [-0.39, 0.29) is 5.41 Å². The van der Waals surface area contributed by atoms with Gasteiger partial charge in [-0.15, -0.1) is 22.7 Å². The maximum Gasteiger partial charge on any atom is 0.0964 e. The zero-order valence-electron chi connectivity index (χ0n) is 12.0. The van der Waals surface area contributed by atoms with Crippen molar-refractivity contribution in [3.8, 4) is 0 Å². The molecule has 0 spiro atoms. The van der Waals surface area contributed by atoms with E-state index in [2.05, 4.69) is 36.1 Å². The Morgan fingerprint density at radius 2 is 1.95 bits per heavy atom. The van der Waals surface area contributed by atoms with Crippen LogP contribution < -0.4 is 0 Å². The van der Waals surface area contributed by atoms with E-state index in [1.165, 1.54) is 0 Å². The zero-order valence-corrected chi connectivity index (χ0v) is 13.7. The van der Waals surface area contributed by atoms with Crippen LogP contribution in [-0.2, 0) is 11.8 Å². The number of nitrogens with zero attached hydrogens (tertiary/aromatic N) is 2. The standard InChI is InChI=1S/C14H20N2OS2/c1-8-13(19-9(2)15-8)10(17)6-12-16-11(7-18-12)14(3,4)5/h7,10,17H,6H2,1-5H3. The summed E-state index contributed by atoms with van der Waals surface area (Å²) in [5, 5.41) is 14.4.